The Bertz CT molecular complexity index is 985. The Hall–Kier alpha value is -2.79. The number of aliphatic hydroxyl groups excluding tert-OH is 1. The van der Waals surface area contributed by atoms with E-state index in [0.29, 0.717) is 19.4 Å². The summed E-state index contributed by atoms with van der Waals surface area (Å²) >= 11 is 0. The molecule has 1 aliphatic rings. The van der Waals surface area contributed by atoms with Crippen LogP contribution in [0, 0.1) is 12.3 Å². The Morgan fingerprint density at radius 1 is 1.25 bits per heavy atom. The first-order valence-electron chi connectivity index (χ1n) is 9.72. The van der Waals surface area contributed by atoms with E-state index >= 15 is 0 Å². The van der Waals surface area contributed by atoms with Crippen molar-refractivity contribution < 1.29 is 14.6 Å². The van der Waals surface area contributed by atoms with Gasteiger partial charge in [0.1, 0.15) is 5.75 Å². The average Bonchev–Trinajstić information content (AvgIpc) is 3.04. The number of rotatable bonds is 6. The van der Waals surface area contributed by atoms with E-state index < -0.39 is 5.41 Å². The second-order valence-corrected chi connectivity index (χ2v) is 8.07. The summed E-state index contributed by atoms with van der Waals surface area (Å²) in [5.74, 6) is 0.726. The van der Waals surface area contributed by atoms with Crippen molar-refractivity contribution in [2.24, 2.45) is 5.41 Å². The summed E-state index contributed by atoms with van der Waals surface area (Å²) in [6.45, 7) is 4.57. The number of aromatic amines is 1. The van der Waals surface area contributed by atoms with Gasteiger partial charge in [0.05, 0.1) is 23.8 Å². The van der Waals surface area contributed by atoms with Gasteiger partial charge >= 0.3 is 0 Å². The Labute approximate surface area is 164 Å². The van der Waals surface area contributed by atoms with Crippen LogP contribution in [-0.2, 0) is 11.2 Å². The molecule has 1 aromatic heterocycles. The first kappa shape index (κ1) is 18.6. The van der Waals surface area contributed by atoms with Crippen molar-refractivity contribution in [2.45, 2.75) is 39.2 Å². The number of aromatic nitrogens is 1. The summed E-state index contributed by atoms with van der Waals surface area (Å²) in [7, 11) is 0. The summed E-state index contributed by atoms with van der Waals surface area (Å²) in [6.07, 6.45) is 3.29. The summed E-state index contributed by atoms with van der Waals surface area (Å²) in [5.41, 5.74) is 3.69. The van der Waals surface area contributed by atoms with Crippen molar-refractivity contribution in [3.63, 3.8) is 0 Å². The molecule has 5 heteroatoms. The molecular weight excluding hydrogens is 352 g/mol. The molecule has 0 unspecified atom stereocenters. The van der Waals surface area contributed by atoms with Gasteiger partial charge in [-0.25, -0.2) is 0 Å². The molecule has 1 aliphatic carbocycles. The first-order chi connectivity index (χ1) is 13.4. The standard InChI is InChI=1S/C23H26N2O3/c1-15-3-5-16(6-4-15)9-10-28-18-7-8-20-19(11-18)21(14-24-20)25-22(27)23(2)12-17(26)13-23/h3-8,11,14,17,24,26H,9-10,12-13H2,1-2H3,(H,25,27). The van der Waals surface area contributed by atoms with Crippen LogP contribution < -0.4 is 10.1 Å². The topological polar surface area (TPSA) is 74.3 Å². The quantitative estimate of drug-likeness (QED) is 0.602. The highest BCUT2D eigenvalue weighted by Crippen LogP contribution is 2.42. The molecule has 2 aromatic carbocycles. The number of anilines is 1. The lowest BCUT2D eigenvalue weighted by Gasteiger charge is -2.40. The van der Waals surface area contributed by atoms with Gasteiger partial charge in [0.15, 0.2) is 0 Å². The van der Waals surface area contributed by atoms with Gasteiger partial charge in [-0.1, -0.05) is 36.8 Å². The van der Waals surface area contributed by atoms with Crippen LogP contribution in [0.1, 0.15) is 30.9 Å². The number of H-pyrrole nitrogens is 1. The van der Waals surface area contributed by atoms with Crippen molar-refractivity contribution in [3.8, 4) is 5.75 Å². The third-order valence-corrected chi connectivity index (χ3v) is 5.60. The summed E-state index contributed by atoms with van der Waals surface area (Å²) in [4.78, 5) is 15.8. The predicted molar refractivity (Wildman–Crippen MR) is 111 cm³/mol. The van der Waals surface area contributed by atoms with Crippen molar-refractivity contribution in [3.05, 3.63) is 59.8 Å². The van der Waals surface area contributed by atoms with Gasteiger partial charge in [-0.05, 0) is 43.5 Å². The molecule has 1 fully saturated rings. The summed E-state index contributed by atoms with van der Waals surface area (Å²) in [6, 6.07) is 14.3. The fraction of sp³-hybridized carbons (Fsp3) is 0.348. The van der Waals surface area contributed by atoms with E-state index in [1.165, 1.54) is 11.1 Å². The maximum Gasteiger partial charge on any atom is 0.230 e. The highest BCUT2D eigenvalue weighted by molar-refractivity contribution is 6.04. The monoisotopic (exact) mass is 378 g/mol. The van der Waals surface area contributed by atoms with Crippen LogP contribution in [-0.4, -0.2) is 28.7 Å². The molecule has 0 atom stereocenters. The number of aryl methyl sites for hydroxylation is 1. The average molecular weight is 378 g/mol. The van der Waals surface area contributed by atoms with Gasteiger partial charge in [0.2, 0.25) is 5.91 Å². The van der Waals surface area contributed by atoms with E-state index in [0.717, 1.165) is 28.8 Å². The molecule has 1 heterocycles. The molecule has 28 heavy (non-hydrogen) atoms. The lowest BCUT2D eigenvalue weighted by molar-refractivity contribution is -0.136. The summed E-state index contributed by atoms with van der Waals surface area (Å²) < 4.78 is 5.93. The SMILES string of the molecule is Cc1ccc(CCOc2ccc3[nH]cc(NC(=O)C4(C)CC(O)C4)c3c2)cc1. The number of amides is 1. The number of aliphatic hydroxyl groups is 1. The Kier molecular flexibility index (Phi) is 4.85. The minimum atomic E-state index is -0.495. The van der Waals surface area contributed by atoms with Gasteiger partial charge < -0.3 is 20.1 Å². The molecule has 3 aromatic rings. The fourth-order valence-electron chi connectivity index (χ4n) is 3.77. The number of nitrogens with one attached hydrogen (secondary N) is 2. The van der Waals surface area contributed by atoms with Crippen LogP contribution in [0.4, 0.5) is 5.69 Å². The molecule has 1 amide bonds. The number of hydrogen-bond acceptors (Lipinski definition) is 3. The molecule has 146 valence electrons. The third kappa shape index (κ3) is 3.76. The maximum absolute atomic E-state index is 12.6. The first-order valence-corrected chi connectivity index (χ1v) is 9.72. The van der Waals surface area contributed by atoms with E-state index in [1.807, 2.05) is 25.1 Å². The van der Waals surface area contributed by atoms with Crippen molar-refractivity contribution in [2.75, 3.05) is 11.9 Å². The number of ether oxygens (including phenoxy) is 1. The minimum absolute atomic E-state index is 0.0515. The van der Waals surface area contributed by atoms with Crippen LogP contribution in [0.25, 0.3) is 10.9 Å². The molecule has 4 rings (SSSR count). The highest BCUT2D eigenvalue weighted by atomic mass is 16.5. The highest BCUT2D eigenvalue weighted by Gasteiger charge is 2.45. The lowest BCUT2D eigenvalue weighted by atomic mass is 9.67. The zero-order valence-electron chi connectivity index (χ0n) is 16.3. The van der Waals surface area contributed by atoms with Crippen LogP contribution in [0.15, 0.2) is 48.7 Å². The molecule has 0 aliphatic heterocycles. The normalized spacial score (nSPS) is 21.3. The largest absolute Gasteiger partial charge is 0.493 e. The molecule has 5 nitrogen and oxygen atoms in total. The maximum atomic E-state index is 12.6. The predicted octanol–water partition coefficient (Wildman–Crippen LogP) is 4.20. The number of fused-ring (bicyclic) bond motifs is 1. The van der Waals surface area contributed by atoms with E-state index in [2.05, 4.69) is 41.5 Å². The molecule has 0 radical (unpaired) electrons. The van der Waals surface area contributed by atoms with Crippen molar-refractivity contribution in [1.82, 2.24) is 4.98 Å². The van der Waals surface area contributed by atoms with Crippen molar-refractivity contribution >= 4 is 22.5 Å². The van der Waals surface area contributed by atoms with E-state index in [9.17, 15) is 9.90 Å². The molecule has 1 saturated carbocycles. The van der Waals surface area contributed by atoms with Gasteiger partial charge in [-0.15, -0.1) is 0 Å². The minimum Gasteiger partial charge on any atom is -0.493 e. The van der Waals surface area contributed by atoms with Gasteiger partial charge in [-0.3, -0.25) is 4.79 Å². The number of hydrogen-bond donors (Lipinski definition) is 3. The Morgan fingerprint density at radius 2 is 2.00 bits per heavy atom. The number of carbonyl (C=O) groups excluding carboxylic acids is 1. The zero-order chi connectivity index (χ0) is 19.7. The lowest BCUT2D eigenvalue weighted by Crippen LogP contribution is -2.47. The third-order valence-electron chi connectivity index (χ3n) is 5.60. The van der Waals surface area contributed by atoms with Crippen LogP contribution in [0.2, 0.25) is 0 Å². The smallest absolute Gasteiger partial charge is 0.230 e. The van der Waals surface area contributed by atoms with Crippen molar-refractivity contribution in [1.29, 1.82) is 0 Å². The van der Waals surface area contributed by atoms with Gasteiger partial charge in [0.25, 0.3) is 0 Å². The summed E-state index contributed by atoms with van der Waals surface area (Å²) in [5, 5.41) is 13.5. The Morgan fingerprint density at radius 3 is 2.71 bits per heavy atom. The number of carbonyl (C=O) groups is 1. The second-order valence-electron chi connectivity index (χ2n) is 8.07. The fourth-order valence-corrected chi connectivity index (χ4v) is 3.77. The zero-order valence-corrected chi connectivity index (χ0v) is 16.3. The number of benzene rings is 2. The van der Waals surface area contributed by atoms with Crippen LogP contribution in [0.5, 0.6) is 5.75 Å². The van der Waals surface area contributed by atoms with Gasteiger partial charge in [0, 0.05) is 23.5 Å². The van der Waals surface area contributed by atoms with E-state index in [1.54, 1.807) is 6.20 Å². The molecular formula is C23H26N2O3. The molecule has 0 spiro atoms. The van der Waals surface area contributed by atoms with E-state index in [4.69, 9.17) is 4.74 Å². The van der Waals surface area contributed by atoms with Crippen LogP contribution >= 0.6 is 0 Å². The molecule has 0 saturated heterocycles. The van der Waals surface area contributed by atoms with Crippen LogP contribution in [0.3, 0.4) is 0 Å². The van der Waals surface area contributed by atoms with E-state index in [-0.39, 0.29) is 12.0 Å². The molecule has 3 N–H and O–H groups in total. The second kappa shape index (κ2) is 7.32. The van der Waals surface area contributed by atoms with Gasteiger partial charge in [-0.2, -0.15) is 0 Å². The Balaban J connectivity index is 1.42. The molecule has 0 bridgehead atoms.